The molecule has 2 nitrogen and oxygen atoms in total. The fraction of sp³-hybridized carbons (Fsp3) is 0.571. The molecule has 1 rings (SSSR count). The quantitative estimate of drug-likeness (QED) is 0.796. The van der Waals surface area contributed by atoms with Crippen LogP contribution in [0.3, 0.4) is 0 Å². The van der Waals surface area contributed by atoms with Crippen LogP contribution in [0, 0.1) is 0 Å². The van der Waals surface area contributed by atoms with Crippen molar-refractivity contribution in [2.45, 2.75) is 38.6 Å². The van der Waals surface area contributed by atoms with Crippen LogP contribution in [0.4, 0.5) is 0 Å². The van der Waals surface area contributed by atoms with Gasteiger partial charge in [0.25, 0.3) is 0 Å². The summed E-state index contributed by atoms with van der Waals surface area (Å²) in [5, 5.41) is 3.40. The van der Waals surface area contributed by atoms with E-state index in [-0.39, 0.29) is 0 Å². The largest absolute Gasteiger partial charge is 0.496 e. The summed E-state index contributed by atoms with van der Waals surface area (Å²) in [6.45, 7) is 4.48. The third-order valence-electron chi connectivity index (χ3n) is 3.20. The standard InChI is InChI=1S/C14H23NO/c1-5-8-13(15-3)11(2)12-9-6-7-10-14(12)16-4/h6-7,9-11,13,15H,5,8H2,1-4H3. The van der Waals surface area contributed by atoms with Crippen molar-refractivity contribution in [1.82, 2.24) is 5.32 Å². The van der Waals surface area contributed by atoms with E-state index in [0.29, 0.717) is 12.0 Å². The zero-order valence-electron chi connectivity index (χ0n) is 10.8. The highest BCUT2D eigenvalue weighted by Crippen LogP contribution is 2.29. The van der Waals surface area contributed by atoms with E-state index in [1.807, 2.05) is 19.2 Å². The highest BCUT2D eigenvalue weighted by Gasteiger charge is 2.19. The molecule has 2 unspecified atom stereocenters. The Morgan fingerprint density at radius 2 is 2.00 bits per heavy atom. The van der Waals surface area contributed by atoms with Crippen LogP contribution in [0.1, 0.15) is 38.2 Å². The lowest BCUT2D eigenvalue weighted by atomic mass is 9.90. The first-order valence-electron chi connectivity index (χ1n) is 6.04. The Hall–Kier alpha value is -1.02. The van der Waals surface area contributed by atoms with Crippen molar-refractivity contribution in [2.75, 3.05) is 14.2 Å². The summed E-state index contributed by atoms with van der Waals surface area (Å²) in [6, 6.07) is 8.80. The molecule has 2 atom stereocenters. The highest BCUT2D eigenvalue weighted by atomic mass is 16.5. The Bertz CT molecular complexity index is 311. The van der Waals surface area contributed by atoms with Gasteiger partial charge in [-0.05, 0) is 25.1 Å². The molecule has 0 heterocycles. The zero-order valence-corrected chi connectivity index (χ0v) is 10.8. The van der Waals surface area contributed by atoms with E-state index in [1.165, 1.54) is 18.4 Å². The van der Waals surface area contributed by atoms with Crippen LogP contribution < -0.4 is 10.1 Å². The molecule has 0 radical (unpaired) electrons. The molecule has 1 N–H and O–H groups in total. The average Bonchev–Trinajstić information content (AvgIpc) is 2.35. The number of methoxy groups -OCH3 is 1. The van der Waals surface area contributed by atoms with Crippen LogP contribution in [0.25, 0.3) is 0 Å². The van der Waals surface area contributed by atoms with E-state index < -0.39 is 0 Å². The van der Waals surface area contributed by atoms with Crippen molar-refractivity contribution < 1.29 is 4.74 Å². The van der Waals surface area contributed by atoms with Crippen molar-refractivity contribution in [3.05, 3.63) is 29.8 Å². The maximum atomic E-state index is 5.41. The number of benzene rings is 1. The lowest BCUT2D eigenvalue weighted by Gasteiger charge is -2.25. The molecule has 0 saturated heterocycles. The molecule has 0 aliphatic carbocycles. The molecule has 1 aromatic rings. The number of rotatable bonds is 6. The molecule has 0 amide bonds. The molecule has 16 heavy (non-hydrogen) atoms. The first kappa shape index (κ1) is 13.0. The fourth-order valence-electron chi connectivity index (χ4n) is 2.21. The topological polar surface area (TPSA) is 21.3 Å². The summed E-state index contributed by atoms with van der Waals surface area (Å²) >= 11 is 0. The number of ether oxygens (including phenoxy) is 1. The smallest absolute Gasteiger partial charge is 0.122 e. The van der Waals surface area contributed by atoms with E-state index in [9.17, 15) is 0 Å². The van der Waals surface area contributed by atoms with Gasteiger partial charge in [0.05, 0.1) is 7.11 Å². The first-order chi connectivity index (χ1) is 7.74. The van der Waals surface area contributed by atoms with Gasteiger partial charge in [0.1, 0.15) is 5.75 Å². The van der Waals surface area contributed by atoms with E-state index in [2.05, 4.69) is 31.3 Å². The number of likely N-dealkylation sites (N-methyl/N-ethyl adjacent to an activating group) is 1. The number of hydrogen-bond donors (Lipinski definition) is 1. The Labute approximate surface area is 99.0 Å². The lowest BCUT2D eigenvalue weighted by Crippen LogP contribution is -2.30. The average molecular weight is 221 g/mol. The summed E-state index contributed by atoms with van der Waals surface area (Å²) in [5.74, 6) is 1.47. The van der Waals surface area contributed by atoms with Gasteiger partial charge in [-0.15, -0.1) is 0 Å². The van der Waals surface area contributed by atoms with E-state index in [4.69, 9.17) is 4.74 Å². The van der Waals surface area contributed by atoms with Crippen molar-refractivity contribution in [2.24, 2.45) is 0 Å². The van der Waals surface area contributed by atoms with Gasteiger partial charge in [-0.2, -0.15) is 0 Å². The molecule has 0 aliphatic heterocycles. The van der Waals surface area contributed by atoms with Gasteiger partial charge in [-0.3, -0.25) is 0 Å². The zero-order chi connectivity index (χ0) is 12.0. The summed E-state index contributed by atoms with van der Waals surface area (Å²) in [7, 11) is 3.77. The molecule has 1 aromatic carbocycles. The van der Waals surface area contributed by atoms with Gasteiger partial charge in [-0.1, -0.05) is 38.5 Å². The molecule has 0 fully saturated rings. The number of para-hydroxylation sites is 1. The Kier molecular flexibility index (Phi) is 5.33. The van der Waals surface area contributed by atoms with Gasteiger partial charge in [0.15, 0.2) is 0 Å². The molecule has 0 aliphatic rings. The predicted molar refractivity (Wildman–Crippen MR) is 69.2 cm³/mol. The van der Waals surface area contributed by atoms with Crippen LogP contribution >= 0.6 is 0 Å². The second kappa shape index (κ2) is 6.54. The minimum Gasteiger partial charge on any atom is -0.496 e. The monoisotopic (exact) mass is 221 g/mol. The second-order valence-corrected chi connectivity index (χ2v) is 4.21. The number of hydrogen-bond acceptors (Lipinski definition) is 2. The van der Waals surface area contributed by atoms with E-state index >= 15 is 0 Å². The summed E-state index contributed by atoms with van der Waals surface area (Å²) in [4.78, 5) is 0. The Morgan fingerprint density at radius 1 is 1.31 bits per heavy atom. The fourth-order valence-corrected chi connectivity index (χ4v) is 2.21. The van der Waals surface area contributed by atoms with E-state index in [1.54, 1.807) is 7.11 Å². The predicted octanol–water partition coefficient (Wildman–Crippen LogP) is 3.19. The molecule has 0 aromatic heterocycles. The SMILES string of the molecule is CCCC(NC)C(C)c1ccccc1OC. The van der Waals surface area contributed by atoms with Crippen molar-refractivity contribution in [3.8, 4) is 5.75 Å². The minimum atomic E-state index is 0.473. The molecule has 2 heteroatoms. The molecular formula is C14H23NO. The van der Waals surface area contributed by atoms with Crippen molar-refractivity contribution in [3.63, 3.8) is 0 Å². The maximum absolute atomic E-state index is 5.41. The molecule has 90 valence electrons. The molecule has 0 saturated carbocycles. The molecule has 0 spiro atoms. The number of nitrogens with one attached hydrogen (secondary N) is 1. The molecular weight excluding hydrogens is 198 g/mol. The van der Waals surface area contributed by atoms with Crippen LogP contribution in [0.15, 0.2) is 24.3 Å². The van der Waals surface area contributed by atoms with Gasteiger partial charge in [0.2, 0.25) is 0 Å². The van der Waals surface area contributed by atoms with Crippen LogP contribution in [0.2, 0.25) is 0 Å². The Balaban J connectivity index is 2.88. The van der Waals surface area contributed by atoms with E-state index in [0.717, 1.165) is 5.75 Å². The van der Waals surface area contributed by atoms with Crippen molar-refractivity contribution >= 4 is 0 Å². The van der Waals surface area contributed by atoms with Gasteiger partial charge in [0, 0.05) is 12.0 Å². The lowest BCUT2D eigenvalue weighted by molar-refractivity contribution is 0.391. The first-order valence-corrected chi connectivity index (χ1v) is 6.04. The van der Waals surface area contributed by atoms with Gasteiger partial charge >= 0.3 is 0 Å². The van der Waals surface area contributed by atoms with Crippen LogP contribution in [0.5, 0.6) is 5.75 Å². The summed E-state index contributed by atoms with van der Waals surface area (Å²) in [6.07, 6.45) is 2.39. The summed E-state index contributed by atoms with van der Waals surface area (Å²) < 4.78 is 5.41. The van der Waals surface area contributed by atoms with Gasteiger partial charge in [-0.25, -0.2) is 0 Å². The van der Waals surface area contributed by atoms with Crippen molar-refractivity contribution in [1.29, 1.82) is 0 Å². The normalized spacial score (nSPS) is 14.5. The van der Waals surface area contributed by atoms with Crippen LogP contribution in [-0.2, 0) is 0 Å². The minimum absolute atomic E-state index is 0.473. The summed E-state index contributed by atoms with van der Waals surface area (Å²) in [5.41, 5.74) is 1.29. The third kappa shape index (κ3) is 2.99. The maximum Gasteiger partial charge on any atom is 0.122 e. The highest BCUT2D eigenvalue weighted by molar-refractivity contribution is 5.36. The second-order valence-electron chi connectivity index (χ2n) is 4.21. The third-order valence-corrected chi connectivity index (χ3v) is 3.20. The molecule has 0 bridgehead atoms. The van der Waals surface area contributed by atoms with Gasteiger partial charge < -0.3 is 10.1 Å². The van der Waals surface area contributed by atoms with Crippen LogP contribution in [-0.4, -0.2) is 20.2 Å². The Morgan fingerprint density at radius 3 is 2.56 bits per heavy atom.